The largest absolute Gasteiger partial charge is 0.469 e. The van der Waals surface area contributed by atoms with Crippen LogP contribution in [0, 0.1) is 5.92 Å². The van der Waals surface area contributed by atoms with E-state index in [2.05, 4.69) is 15.3 Å². The Bertz CT molecular complexity index is 450. The fourth-order valence-electron chi connectivity index (χ4n) is 2.45. The van der Waals surface area contributed by atoms with Gasteiger partial charge in [-0.2, -0.15) is 0 Å². The molecule has 0 amide bonds. The van der Waals surface area contributed by atoms with E-state index in [1.54, 1.807) is 12.4 Å². The van der Waals surface area contributed by atoms with Crippen LogP contribution in [0.2, 0.25) is 0 Å². The van der Waals surface area contributed by atoms with Gasteiger partial charge >= 0.3 is 5.97 Å². The fraction of sp³-hybridized carbons (Fsp3) is 0.615. The highest BCUT2D eigenvalue weighted by Gasteiger charge is 2.31. The zero-order valence-electron chi connectivity index (χ0n) is 11.6. The van der Waals surface area contributed by atoms with Crippen molar-refractivity contribution in [3.63, 3.8) is 0 Å². The third kappa shape index (κ3) is 3.13. The Morgan fingerprint density at radius 2 is 2.11 bits per heavy atom. The Morgan fingerprint density at radius 3 is 2.79 bits per heavy atom. The van der Waals surface area contributed by atoms with Gasteiger partial charge in [-0.3, -0.25) is 4.79 Å². The van der Waals surface area contributed by atoms with Crippen LogP contribution in [0.4, 0.5) is 11.6 Å². The smallest absolute Gasteiger partial charge is 0.308 e. The molecule has 0 radical (unpaired) electrons. The standard InChI is InChI=1S/C13H20N4O2/c1-17(2)12-11(14-6-7-15-12)16-10-5-4-9(8-10)13(18)19-3/h6-7,9-10H,4-5,8H2,1-3H3,(H,14,16)/t9-,10+/m0/s1. The molecule has 1 aliphatic carbocycles. The molecule has 0 spiro atoms. The average Bonchev–Trinajstić information content (AvgIpc) is 2.86. The lowest BCUT2D eigenvalue weighted by molar-refractivity contribution is -0.145. The monoisotopic (exact) mass is 264 g/mol. The summed E-state index contributed by atoms with van der Waals surface area (Å²) in [7, 11) is 5.30. The van der Waals surface area contributed by atoms with Gasteiger partial charge in [-0.15, -0.1) is 0 Å². The second-order valence-corrected chi connectivity index (χ2v) is 5.00. The van der Waals surface area contributed by atoms with Gasteiger partial charge in [0.2, 0.25) is 0 Å². The summed E-state index contributed by atoms with van der Waals surface area (Å²) in [6, 6.07) is 0.250. The van der Waals surface area contributed by atoms with Crippen molar-refractivity contribution < 1.29 is 9.53 Å². The van der Waals surface area contributed by atoms with E-state index in [1.165, 1.54) is 7.11 Å². The Balaban J connectivity index is 2.01. The first-order valence-corrected chi connectivity index (χ1v) is 6.44. The summed E-state index contributed by atoms with van der Waals surface area (Å²) in [6.07, 6.45) is 5.94. The van der Waals surface area contributed by atoms with E-state index < -0.39 is 0 Å². The summed E-state index contributed by atoms with van der Waals surface area (Å²) >= 11 is 0. The number of anilines is 2. The Kier molecular flexibility index (Phi) is 4.19. The van der Waals surface area contributed by atoms with E-state index in [-0.39, 0.29) is 17.9 Å². The summed E-state index contributed by atoms with van der Waals surface area (Å²) in [4.78, 5) is 22.0. The highest BCUT2D eigenvalue weighted by Crippen LogP contribution is 2.30. The van der Waals surface area contributed by atoms with Gasteiger partial charge in [-0.05, 0) is 19.3 Å². The topological polar surface area (TPSA) is 67.3 Å². The van der Waals surface area contributed by atoms with Gasteiger partial charge in [0.15, 0.2) is 11.6 Å². The summed E-state index contributed by atoms with van der Waals surface area (Å²) in [5.74, 6) is 1.46. The SMILES string of the molecule is COC(=O)[C@H]1CC[C@@H](Nc2nccnc2N(C)C)C1. The predicted octanol–water partition coefficient (Wildman–Crippen LogP) is 1.30. The molecule has 1 aromatic heterocycles. The van der Waals surface area contributed by atoms with Crippen LogP contribution in [0.25, 0.3) is 0 Å². The van der Waals surface area contributed by atoms with E-state index in [0.717, 1.165) is 30.9 Å². The number of nitrogens with one attached hydrogen (secondary N) is 1. The third-order valence-corrected chi connectivity index (χ3v) is 3.41. The molecule has 1 aliphatic rings. The molecule has 104 valence electrons. The molecule has 0 aromatic carbocycles. The normalized spacial score (nSPS) is 22.1. The number of rotatable bonds is 4. The Morgan fingerprint density at radius 1 is 1.37 bits per heavy atom. The first-order chi connectivity index (χ1) is 9.11. The molecule has 2 atom stereocenters. The molecule has 6 heteroatoms. The highest BCUT2D eigenvalue weighted by atomic mass is 16.5. The Hall–Kier alpha value is -1.85. The zero-order chi connectivity index (χ0) is 13.8. The van der Waals surface area contributed by atoms with Gasteiger partial charge in [-0.1, -0.05) is 0 Å². The van der Waals surface area contributed by atoms with E-state index in [4.69, 9.17) is 4.74 Å². The summed E-state index contributed by atoms with van der Waals surface area (Å²) in [5.41, 5.74) is 0. The lowest BCUT2D eigenvalue weighted by atomic mass is 10.1. The van der Waals surface area contributed by atoms with Crippen LogP contribution in [0.15, 0.2) is 12.4 Å². The van der Waals surface area contributed by atoms with E-state index in [9.17, 15) is 4.79 Å². The summed E-state index contributed by atoms with van der Waals surface area (Å²) in [5, 5.41) is 3.38. The number of hydrogen-bond acceptors (Lipinski definition) is 6. The first-order valence-electron chi connectivity index (χ1n) is 6.44. The minimum Gasteiger partial charge on any atom is -0.469 e. The maximum atomic E-state index is 11.5. The molecule has 19 heavy (non-hydrogen) atoms. The second kappa shape index (κ2) is 5.86. The van der Waals surface area contributed by atoms with Gasteiger partial charge in [0.05, 0.1) is 13.0 Å². The molecule has 1 N–H and O–H groups in total. The molecule has 1 fully saturated rings. The summed E-state index contributed by atoms with van der Waals surface area (Å²) < 4.78 is 4.79. The van der Waals surface area contributed by atoms with Crippen molar-refractivity contribution in [1.82, 2.24) is 9.97 Å². The molecule has 0 bridgehead atoms. The van der Waals surface area contributed by atoms with Gasteiger partial charge in [0.1, 0.15) is 0 Å². The predicted molar refractivity (Wildman–Crippen MR) is 73.1 cm³/mol. The molecule has 0 saturated heterocycles. The molecular weight excluding hydrogens is 244 g/mol. The zero-order valence-corrected chi connectivity index (χ0v) is 11.6. The lowest BCUT2D eigenvalue weighted by Gasteiger charge is -2.19. The number of methoxy groups -OCH3 is 1. The molecule has 0 unspecified atom stereocenters. The maximum Gasteiger partial charge on any atom is 0.308 e. The number of aromatic nitrogens is 2. The molecule has 1 aromatic rings. The molecule has 2 rings (SSSR count). The van der Waals surface area contributed by atoms with Crippen LogP contribution in [-0.2, 0) is 9.53 Å². The number of ether oxygens (including phenoxy) is 1. The van der Waals surface area contributed by atoms with Gasteiger partial charge in [-0.25, -0.2) is 9.97 Å². The second-order valence-electron chi connectivity index (χ2n) is 5.00. The molecule has 0 aliphatic heterocycles. The quantitative estimate of drug-likeness (QED) is 0.827. The van der Waals surface area contributed by atoms with Crippen molar-refractivity contribution >= 4 is 17.6 Å². The van der Waals surface area contributed by atoms with Crippen LogP contribution in [0.5, 0.6) is 0 Å². The maximum absolute atomic E-state index is 11.5. The number of carbonyl (C=O) groups is 1. The van der Waals surface area contributed by atoms with Crippen LogP contribution in [0.3, 0.4) is 0 Å². The van der Waals surface area contributed by atoms with Crippen molar-refractivity contribution in [2.75, 3.05) is 31.4 Å². The lowest BCUT2D eigenvalue weighted by Crippen LogP contribution is -2.22. The van der Waals surface area contributed by atoms with Crippen molar-refractivity contribution in [3.05, 3.63) is 12.4 Å². The fourth-order valence-corrected chi connectivity index (χ4v) is 2.45. The molecule has 1 saturated carbocycles. The van der Waals surface area contributed by atoms with Crippen molar-refractivity contribution in [2.24, 2.45) is 5.92 Å². The van der Waals surface area contributed by atoms with Crippen LogP contribution in [-0.4, -0.2) is 43.2 Å². The van der Waals surface area contributed by atoms with Crippen LogP contribution < -0.4 is 10.2 Å². The van der Waals surface area contributed by atoms with Crippen molar-refractivity contribution in [1.29, 1.82) is 0 Å². The summed E-state index contributed by atoms with van der Waals surface area (Å²) in [6.45, 7) is 0. The van der Waals surface area contributed by atoms with Gasteiger partial charge in [0.25, 0.3) is 0 Å². The number of nitrogens with zero attached hydrogens (tertiary/aromatic N) is 3. The first kappa shape index (κ1) is 13.6. The average molecular weight is 264 g/mol. The van der Waals surface area contributed by atoms with Crippen LogP contribution in [0.1, 0.15) is 19.3 Å². The van der Waals surface area contributed by atoms with E-state index in [0.29, 0.717) is 0 Å². The third-order valence-electron chi connectivity index (χ3n) is 3.41. The van der Waals surface area contributed by atoms with Crippen molar-refractivity contribution in [3.8, 4) is 0 Å². The van der Waals surface area contributed by atoms with Crippen molar-refractivity contribution in [2.45, 2.75) is 25.3 Å². The van der Waals surface area contributed by atoms with E-state index in [1.807, 2.05) is 19.0 Å². The minimum absolute atomic E-state index is 0.00183. The minimum atomic E-state index is -0.115. The van der Waals surface area contributed by atoms with Gasteiger partial charge < -0.3 is 15.0 Å². The van der Waals surface area contributed by atoms with E-state index >= 15 is 0 Å². The molecule has 1 heterocycles. The number of hydrogen-bond donors (Lipinski definition) is 1. The highest BCUT2D eigenvalue weighted by molar-refractivity contribution is 5.73. The number of carbonyl (C=O) groups excluding carboxylic acids is 1. The van der Waals surface area contributed by atoms with Crippen LogP contribution >= 0.6 is 0 Å². The van der Waals surface area contributed by atoms with Gasteiger partial charge in [0, 0.05) is 32.5 Å². The molecular formula is C13H20N4O2. The number of esters is 1. The Labute approximate surface area is 113 Å². The molecule has 6 nitrogen and oxygen atoms in total.